The molecule has 0 heteroatoms. The summed E-state index contributed by atoms with van der Waals surface area (Å²) in [4.78, 5) is 0. The van der Waals surface area contributed by atoms with E-state index in [1.807, 2.05) is 13.8 Å². The molecule has 0 atom stereocenters. The molecule has 2 aromatic carbocycles. The fourth-order valence-corrected chi connectivity index (χ4v) is 1.78. The van der Waals surface area contributed by atoms with Crippen molar-refractivity contribution in [3.63, 3.8) is 0 Å². The summed E-state index contributed by atoms with van der Waals surface area (Å²) in [5.74, 6) is 6.45. The van der Waals surface area contributed by atoms with Gasteiger partial charge in [0, 0.05) is 11.1 Å². The van der Waals surface area contributed by atoms with Gasteiger partial charge in [-0.05, 0) is 74.2 Å². The van der Waals surface area contributed by atoms with Crippen LogP contribution in [0.3, 0.4) is 0 Å². The normalized spacial score (nSPS) is 9.10. The molecule has 104 valence electrons. The number of hydrogen-bond donors (Lipinski definition) is 0. The van der Waals surface area contributed by atoms with E-state index in [4.69, 9.17) is 0 Å². The molecular weight excluding hydrogens is 240 g/mol. The van der Waals surface area contributed by atoms with Crippen LogP contribution in [0.4, 0.5) is 0 Å². The van der Waals surface area contributed by atoms with Gasteiger partial charge in [-0.1, -0.05) is 37.8 Å². The molecule has 0 aliphatic heterocycles. The first-order valence-electron chi connectivity index (χ1n) is 7.23. The van der Waals surface area contributed by atoms with E-state index >= 15 is 0 Å². The zero-order valence-electron chi connectivity index (χ0n) is 13.5. The monoisotopic (exact) mass is 264 g/mol. The van der Waals surface area contributed by atoms with Crippen LogP contribution in [0.25, 0.3) is 0 Å². The minimum Gasteiger partial charge on any atom is -0.0683 e. The molecule has 20 heavy (non-hydrogen) atoms. The van der Waals surface area contributed by atoms with Gasteiger partial charge in [0.05, 0.1) is 0 Å². The van der Waals surface area contributed by atoms with Gasteiger partial charge in [-0.2, -0.15) is 0 Å². The molecule has 0 bridgehead atoms. The maximum Gasteiger partial charge on any atom is 0.0251 e. The van der Waals surface area contributed by atoms with Gasteiger partial charge in [0.15, 0.2) is 0 Å². The van der Waals surface area contributed by atoms with Gasteiger partial charge in [-0.25, -0.2) is 0 Å². The zero-order valence-corrected chi connectivity index (χ0v) is 13.5. The third-order valence-electron chi connectivity index (χ3n) is 3.36. The number of benzene rings is 2. The quantitative estimate of drug-likeness (QED) is 0.563. The lowest BCUT2D eigenvalue weighted by molar-refractivity contribution is 1.33. The van der Waals surface area contributed by atoms with Crippen LogP contribution in [-0.4, -0.2) is 0 Å². The third-order valence-corrected chi connectivity index (χ3v) is 3.36. The Balaban J connectivity index is 0.000000956. The fourth-order valence-electron chi connectivity index (χ4n) is 1.78. The number of hydrogen-bond acceptors (Lipinski definition) is 0. The average molecular weight is 264 g/mol. The van der Waals surface area contributed by atoms with Gasteiger partial charge in [0.1, 0.15) is 0 Å². The van der Waals surface area contributed by atoms with Gasteiger partial charge in [0.25, 0.3) is 0 Å². The van der Waals surface area contributed by atoms with E-state index in [2.05, 4.69) is 75.9 Å². The summed E-state index contributed by atoms with van der Waals surface area (Å²) < 4.78 is 0. The Hall–Kier alpha value is -2.00. The average Bonchev–Trinajstić information content (AvgIpc) is 2.46. The van der Waals surface area contributed by atoms with Crippen molar-refractivity contribution in [1.82, 2.24) is 0 Å². The van der Waals surface area contributed by atoms with Crippen molar-refractivity contribution in [3.05, 3.63) is 69.8 Å². The summed E-state index contributed by atoms with van der Waals surface area (Å²) in [5.41, 5.74) is 7.37. The van der Waals surface area contributed by atoms with Crippen LogP contribution in [0, 0.1) is 39.5 Å². The second-order valence-electron chi connectivity index (χ2n) is 4.85. The van der Waals surface area contributed by atoms with Gasteiger partial charge in [-0.3, -0.25) is 0 Å². The van der Waals surface area contributed by atoms with Gasteiger partial charge >= 0.3 is 0 Å². The topological polar surface area (TPSA) is 0 Å². The Labute approximate surface area is 123 Å². The van der Waals surface area contributed by atoms with Crippen LogP contribution >= 0.6 is 0 Å². The maximum absolute atomic E-state index is 3.23. The highest BCUT2D eigenvalue weighted by Gasteiger charge is 1.94. The van der Waals surface area contributed by atoms with Crippen LogP contribution in [-0.2, 0) is 0 Å². The van der Waals surface area contributed by atoms with Gasteiger partial charge in [-0.15, -0.1) is 0 Å². The number of rotatable bonds is 0. The Morgan fingerprint density at radius 3 is 1.20 bits per heavy atom. The summed E-state index contributed by atoms with van der Waals surface area (Å²) in [6.45, 7) is 12.5. The van der Waals surface area contributed by atoms with E-state index in [-0.39, 0.29) is 0 Å². The summed E-state index contributed by atoms with van der Waals surface area (Å²) >= 11 is 0. The van der Waals surface area contributed by atoms with E-state index in [1.54, 1.807) is 0 Å². The van der Waals surface area contributed by atoms with Crippen molar-refractivity contribution in [1.29, 1.82) is 0 Å². The van der Waals surface area contributed by atoms with E-state index in [0.29, 0.717) is 0 Å². The molecule has 0 saturated heterocycles. The standard InChI is InChI=1S/C18H18.C2H6/c1-13-5-7-17(11-15(13)3)9-10-18-8-6-14(2)16(4)12-18;1-2/h5-8,11-12H,1-4H3;1-2H3. The first-order valence-corrected chi connectivity index (χ1v) is 7.23. The van der Waals surface area contributed by atoms with E-state index < -0.39 is 0 Å². The molecule has 0 aromatic heterocycles. The first kappa shape index (κ1) is 16.1. The SMILES string of the molecule is CC.Cc1ccc(C#Cc2ccc(C)c(C)c2)cc1C. The van der Waals surface area contributed by atoms with Crippen molar-refractivity contribution in [3.8, 4) is 11.8 Å². The van der Waals surface area contributed by atoms with Crippen LogP contribution in [0.5, 0.6) is 0 Å². The maximum atomic E-state index is 3.23. The second kappa shape index (κ2) is 7.56. The molecule has 0 fully saturated rings. The molecule has 0 aliphatic carbocycles. The highest BCUT2D eigenvalue weighted by Crippen LogP contribution is 2.11. The molecular formula is C20H24. The Kier molecular flexibility index (Phi) is 6.07. The van der Waals surface area contributed by atoms with Crippen LogP contribution in [0.2, 0.25) is 0 Å². The fraction of sp³-hybridized carbons (Fsp3) is 0.300. The largest absolute Gasteiger partial charge is 0.0683 e. The lowest BCUT2D eigenvalue weighted by Gasteiger charge is -2.00. The van der Waals surface area contributed by atoms with Crippen LogP contribution in [0.15, 0.2) is 36.4 Å². The predicted octanol–water partition coefficient (Wildman–Crippen LogP) is 5.35. The Morgan fingerprint density at radius 2 is 0.900 bits per heavy atom. The first-order chi connectivity index (χ1) is 9.56. The Morgan fingerprint density at radius 1 is 0.550 bits per heavy atom. The molecule has 0 radical (unpaired) electrons. The predicted molar refractivity (Wildman–Crippen MR) is 89.2 cm³/mol. The van der Waals surface area contributed by atoms with Gasteiger partial charge < -0.3 is 0 Å². The minimum atomic E-state index is 1.08. The highest BCUT2D eigenvalue weighted by atomic mass is 14.0. The summed E-state index contributed by atoms with van der Waals surface area (Å²) in [5, 5.41) is 0. The van der Waals surface area contributed by atoms with Crippen molar-refractivity contribution in [2.75, 3.05) is 0 Å². The lowest BCUT2D eigenvalue weighted by atomic mass is 10.0. The van der Waals surface area contributed by atoms with Crippen LogP contribution < -0.4 is 0 Å². The van der Waals surface area contributed by atoms with E-state index in [0.717, 1.165) is 11.1 Å². The highest BCUT2D eigenvalue weighted by molar-refractivity contribution is 5.46. The molecule has 0 spiro atoms. The van der Waals surface area contributed by atoms with E-state index in [9.17, 15) is 0 Å². The second-order valence-corrected chi connectivity index (χ2v) is 4.85. The summed E-state index contributed by atoms with van der Waals surface area (Å²) in [7, 11) is 0. The van der Waals surface area contributed by atoms with Crippen LogP contribution in [0.1, 0.15) is 47.2 Å². The molecule has 0 unspecified atom stereocenters. The molecule has 0 heterocycles. The summed E-state index contributed by atoms with van der Waals surface area (Å²) in [6, 6.07) is 12.7. The van der Waals surface area contributed by atoms with Gasteiger partial charge in [0.2, 0.25) is 0 Å². The zero-order chi connectivity index (χ0) is 15.1. The van der Waals surface area contributed by atoms with Crippen molar-refractivity contribution >= 4 is 0 Å². The molecule has 0 aliphatic rings. The molecule has 0 N–H and O–H groups in total. The Bertz CT molecular complexity index is 581. The lowest BCUT2D eigenvalue weighted by Crippen LogP contribution is -1.84. The molecule has 2 rings (SSSR count). The molecule has 0 saturated carbocycles. The van der Waals surface area contributed by atoms with E-state index in [1.165, 1.54) is 22.3 Å². The van der Waals surface area contributed by atoms with Crippen molar-refractivity contribution < 1.29 is 0 Å². The molecule has 2 aromatic rings. The summed E-state index contributed by atoms with van der Waals surface area (Å²) in [6.07, 6.45) is 0. The molecule has 0 amide bonds. The molecule has 0 nitrogen and oxygen atoms in total. The van der Waals surface area contributed by atoms with Crippen molar-refractivity contribution in [2.24, 2.45) is 0 Å². The smallest absolute Gasteiger partial charge is 0.0251 e. The minimum absolute atomic E-state index is 1.08. The van der Waals surface area contributed by atoms with Crippen molar-refractivity contribution in [2.45, 2.75) is 41.5 Å². The third kappa shape index (κ3) is 4.28. The number of aryl methyl sites for hydroxylation is 4.